The molecule has 4 N–H and O–H groups in total. The Hall–Kier alpha value is -2.40. The highest BCUT2D eigenvalue weighted by Gasteiger charge is 2.32. The van der Waals surface area contributed by atoms with Gasteiger partial charge in [0.15, 0.2) is 0 Å². The molecule has 0 saturated heterocycles. The SMILES string of the molecule is COC(=O)CCCOC1CC(NC(=O)CC2CCC(NC(=O)NC3CCCCC3C)CC2)CC(OCCCC(=O)O)C1. The third kappa shape index (κ3) is 12.9. The second kappa shape index (κ2) is 18.3. The van der Waals surface area contributed by atoms with Crippen molar-refractivity contribution in [2.75, 3.05) is 20.3 Å². The fourth-order valence-electron chi connectivity index (χ4n) is 6.63. The summed E-state index contributed by atoms with van der Waals surface area (Å²) in [4.78, 5) is 47.8. The van der Waals surface area contributed by atoms with Crippen LogP contribution in [0.2, 0.25) is 0 Å². The molecular formula is C31H53N3O8. The average Bonchev–Trinajstić information content (AvgIpc) is 2.95. The molecule has 0 aliphatic heterocycles. The lowest BCUT2D eigenvalue weighted by molar-refractivity contribution is -0.141. The molecule has 3 amide bonds. The number of rotatable bonds is 15. The van der Waals surface area contributed by atoms with Crippen LogP contribution < -0.4 is 16.0 Å². The van der Waals surface area contributed by atoms with Crippen LogP contribution >= 0.6 is 0 Å². The van der Waals surface area contributed by atoms with Crippen LogP contribution in [-0.2, 0) is 28.6 Å². The van der Waals surface area contributed by atoms with Crippen molar-refractivity contribution in [1.29, 1.82) is 0 Å². The minimum Gasteiger partial charge on any atom is -0.481 e. The molecule has 0 heterocycles. The maximum absolute atomic E-state index is 13.0. The number of urea groups is 1. The van der Waals surface area contributed by atoms with Crippen LogP contribution in [0.25, 0.3) is 0 Å². The predicted octanol–water partition coefficient (Wildman–Crippen LogP) is 4.07. The van der Waals surface area contributed by atoms with Gasteiger partial charge in [-0.1, -0.05) is 19.8 Å². The van der Waals surface area contributed by atoms with Gasteiger partial charge < -0.3 is 35.3 Å². The predicted molar refractivity (Wildman–Crippen MR) is 157 cm³/mol. The number of ether oxygens (including phenoxy) is 3. The molecule has 0 spiro atoms. The van der Waals surface area contributed by atoms with Crippen molar-refractivity contribution in [3.05, 3.63) is 0 Å². The van der Waals surface area contributed by atoms with Crippen LogP contribution in [0, 0.1) is 11.8 Å². The molecule has 5 atom stereocenters. The summed E-state index contributed by atoms with van der Waals surface area (Å²) >= 11 is 0. The summed E-state index contributed by atoms with van der Waals surface area (Å²) in [5.74, 6) is -0.274. The normalized spacial score (nSPS) is 29.7. The summed E-state index contributed by atoms with van der Waals surface area (Å²) in [5, 5.41) is 18.4. The van der Waals surface area contributed by atoms with Crippen LogP contribution in [-0.4, -0.2) is 79.6 Å². The number of carbonyl (C=O) groups excluding carboxylic acids is 3. The number of nitrogens with one attached hydrogen (secondary N) is 3. The molecule has 42 heavy (non-hydrogen) atoms. The second-order valence-corrected chi connectivity index (χ2v) is 12.5. The van der Waals surface area contributed by atoms with Gasteiger partial charge in [-0.15, -0.1) is 0 Å². The monoisotopic (exact) mass is 595 g/mol. The molecule has 0 bridgehead atoms. The van der Waals surface area contributed by atoms with Crippen LogP contribution in [0.1, 0.15) is 110 Å². The number of aliphatic carboxylic acids is 1. The van der Waals surface area contributed by atoms with E-state index in [0.717, 1.165) is 32.1 Å². The Morgan fingerprint density at radius 3 is 2.02 bits per heavy atom. The summed E-state index contributed by atoms with van der Waals surface area (Å²) in [7, 11) is 1.37. The van der Waals surface area contributed by atoms with Crippen molar-refractivity contribution in [2.45, 2.75) is 140 Å². The minimum atomic E-state index is -0.846. The number of carbonyl (C=O) groups is 4. The lowest BCUT2D eigenvalue weighted by atomic mass is 9.83. The lowest BCUT2D eigenvalue weighted by Crippen LogP contribution is -2.49. The molecule has 3 fully saturated rings. The van der Waals surface area contributed by atoms with Gasteiger partial charge in [-0.2, -0.15) is 0 Å². The van der Waals surface area contributed by atoms with E-state index < -0.39 is 5.97 Å². The maximum Gasteiger partial charge on any atom is 0.315 e. The minimum absolute atomic E-state index is 0.0245. The van der Waals surface area contributed by atoms with E-state index in [0.29, 0.717) is 70.0 Å². The highest BCUT2D eigenvalue weighted by molar-refractivity contribution is 5.76. The van der Waals surface area contributed by atoms with Crippen molar-refractivity contribution in [3.8, 4) is 0 Å². The topological polar surface area (TPSA) is 152 Å². The molecule has 11 heteroatoms. The first-order chi connectivity index (χ1) is 20.2. The number of hydrogen-bond donors (Lipinski definition) is 4. The number of amides is 3. The van der Waals surface area contributed by atoms with Gasteiger partial charge in [-0.05, 0) is 82.5 Å². The molecule has 3 aliphatic carbocycles. The van der Waals surface area contributed by atoms with Gasteiger partial charge in [0.2, 0.25) is 5.91 Å². The Morgan fingerprint density at radius 2 is 1.40 bits per heavy atom. The highest BCUT2D eigenvalue weighted by Crippen LogP contribution is 2.29. The molecule has 11 nitrogen and oxygen atoms in total. The molecule has 3 rings (SSSR count). The fourth-order valence-corrected chi connectivity index (χ4v) is 6.63. The summed E-state index contributed by atoms with van der Waals surface area (Å²) in [5.41, 5.74) is 0. The summed E-state index contributed by atoms with van der Waals surface area (Å²) in [6.07, 6.45) is 11.8. The van der Waals surface area contributed by atoms with Gasteiger partial charge in [-0.3, -0.25) is 14.4 Å². The van der Waals surface area contributed by atoms with E-state index in [-0.39, 0.29) is 54.7 Å². The van der Waals surface area contributed by atoms with E-state index in [9.17, 15) is 19.2 Å². The zero-order valence-electron chi connectivity index (χ0n) is 25.6. The number of esters is 1. The first kappa shape index (κ1) is 34.1. The van der Waals surface area contributed by atoms with E-state index in [1.54, 1.807) is 0 Å². The number of carboxylic acid groups (broad SMARTS) is 1. The Labute approximate surface area is 250 Å². The van der Waals surface area contributed by atoms with Crippen LogP contribution in [0.4, 0.5) is 4.79 Å². The Morgan fingerprint density at radius 1 is 0.762 bits per heavy atom. The molecular weight excluding hydrogens is 542 g/mol. The average molecular weight is 596 g/mol. The smallest absolute Gasteiger partial charge is 0.315 e. The van der Waals surface area contributed by atoms with Gasteiger partial charge in [0, 0.05) is 50.6 Å². The molecule has 3 saturated carbocycles. The molecule has 0 aromatic heterocycles. The Kier molecular flexibility index (Phi) is 14.9. The molecule has 240 valence electrons. The first-order valence-electron chi connectivity index (χ1n) is 16.1. The fraction of sp³-hybridized carbons (Fsp3) is 0.871. The van der Waals surface area contributed by atoms with E-state index in [2.05, 4.69) is 27.6 Å². The maximum atomic E-state index is 13.0. The molecule has 0 radical (unpaired) electrons. The second-order valence-electron chi connectivity index (χ2n) is 12.5. The van der Waals surface area contributed by atoms with Gasteiger partial charge in [0.1, 0.15) is 0 Å². The van der Waals surface area contributed by atoms with Gasteiger partial charge in [-0.25, -0.2) is 4.79 Å². The number of hydrogen-bond acceptors (Lipinski definition) is 7. The summed E-state index contributed by atoms with van der Waals surface area (Å²) < 4.78 is 16.7. The van der Waals surface area contributed by atoms with Crippen LogP contribution in [0.3, 0.4) is 0 Å². The zero-order valence-corrected chi connectivity index (χ0v) is 25.6. The van der Waals surface area contributed by atoms with E-state index in [1.807, 2.05) is 0 Å². The van der Waals surface area contributed by atoms with E-state index in [1.165, 1.54) is 26.4 Å². The largest absolute Gasteiger partial charge is 0.481 e. The number of carboxylic acids is 1. The van der Waals surface area contributed by atoms with Gasteiger partial charge in [0.05, 0.1) is 19.3 Å². The van der Waals surface area contributed by atoms with Crippen molar-refractivity contribution in [1.82, 2.24) is 16.0 Å². The zero-order chi connectivity index (χ0) is 30.3. The molecule has 0 aromatic carbocycles. The third-order valence-corrected chi connectivity index (χ3v) is 9.06. The third-order valence-electron chi connectivity index (χ3n) is 9.06. The lowest BCUT2D eigenvalue weighted by Gasteiger charge is -2.36. The summed E-state index contributed by atoms with van der Waals surface area (Å²) in [6.45, 7) is 2.98. The van der Waals surface area contributed by atoms with Gasteiger partial charge in [0.25, 0.3) is 0 Å². The quantitative estimate of drug-likeness (QED) is 0.163. The number of methoxy groups -OCH3 is 1. The molecule has 3 aliphatic rings. The Bertz CT molecular complexity index is 863. The van der Waals surface area contributed by atoms with Crippen molar-refractivity contribution in [2.24, 2.45) is 11.8 Å². The van der Waals surface area contributed by atoms with Crippen LogP contribution in [0.15, 0.2) is 0 Å². The highest BCUT2D eigenvalue weighted by atomic mass is 16.5. The van der Waals surface area contributed by atoms with Crippen LogP contribution in [0.5, 0.6) is 0 Å². The standard InChI is InChI=1S/C31H53N3O8/c1-21-7-3-4-8-27(21)34-31(39)33-23-13-11-22(12-14-23)17-28(35)32-24-18-25(41-15-5-9-29(36)37)20-26(19-24)42-16-6-10-30(38)40-2/h21-27H,3-20H2,1-2H3,(H,32,35)(H,36,37)(H2,33,34,39). The molecule has 0 aromatic rings. The first-order valence-corrected chi connectivity index (χ1v) is 16.1. The van der Waals surface area contributed by atoms with Crippen molar-refractivity contribution in [3.63, 3.8) is 0 Å². The summed E-state index contributed by atoms with van der Waals surface area (Å²) in [6, 6.07) is 0.259. The van der Waals surface area contributed by atoms with Crippen molar-refractivity contribution < 1.29 is 38.5 Å². The molecule has 5 unspecified atom stereocenters. The van der Waals surface area contributed by atoms with Crippen molar-refractivity contribution >= 4 is 23.9 Å². The Balaban J connectivity index is 1.39. The van der Waals surface area contributed by atoms with E-state index in [4.69, 9.17) is 14.6 Å². The van der Waals surface area contributed by atoms with Gasteiger partial charge >= 0.3 is 18.0 Å². The van der Waals surface area contributed by atoms with E-state index >= 15 is 0 Å².